The molecule has 1 atom stereocenters. The van der Waals surface area contributed by atoms with Crippen molar-refractivity contribution in [3.8, 4) is 0 Å². The molecule has 56 valence electrons. The molecule has 3 heteroatoms. The first kappa shape index (κ1) is 8.88. The highest BCUT2D eigenvalue weighted by Crippen LogP contribution is 2.15. The maximum atomic E-state index is 8.90. The van der Waals surface area contributed by atoms with Gasteiger partial charge in [0, 0.05) is 5.92 Å². The van der Waals surface area contributed by atoms with Crippen LogP contribution in [0.2, 0.25) is 0 Å². The number of aliphatic hydroxyl groups is 3. The van der Waals surface area contributed by atoms with E-state index >= 15 is 0 Å². The highest BCUT2D eigenvalue weighted by atomic mass is 16.5. The average molecular weight is 134 g/mol. The molecule has 0 heterocycles. The number of hydrogen-bond donors (Lipinski definition) is 3. The molecule has 0 bridgehead atoms. The highest BCUT2D eigenvalue weighted by molar-refractivity contribution is 4.68. The molecule has 0 amide bonds. The normalized spacial score (nSPS) is 15.7. The maximum absolute atomic E-state index is 8.90. The summed E-state index contributed by atoms with van der Waals surface area (Å²) in [6.07, 6.45) is 0.646. The molecule has 1 unspecified atom stereocenters. The monoisotopic (exact) mass is 134 g/mol. The van der Waals surface area contributed by atoms with Gasteiger partial charge in [0.2, 0.25) is 0 Å². The zero-order valence-electron chi connectivity index (χ0n) is 5.83. The van der Waals surface area contributed by atoms with Crippen molar-refractivity contribution in [2.45, 2.75) is 26.1 Å². The molecule has 0 fully saturated rings. The molecule has 0 aliphatic heterocycles. The van der Waals surface area contributed by atoms with E-state index < -0.39 is 12.4 Å². The van der Waals surface area contributed by atoms with E-state index in [-0.39, 0.29) is 5.92 Å². The first-order valence-electron chi connectivity index (χ1n) is 3.10. The van der Waals surface area contributed by atoms with E-state index in [9.17, 15) is 0 Å². The fourth-order valence-corrected chi connectivity index (χ4v) is 0.483. The third-order valence-electron chi connectivity index (χ3n) is 1.63. The summed E-state index contributed by atoms with van der Waals surface area (Å²) in [7, 11) is 0. The van der Waals surface area contributed by atoms with Crippen LogP contribution in [0.4, 0.5) is 0 Å². The lowest BCUT2D eigenvalue weighted by Gasteiger charge is -2.24. The topological polar surface area (TPSA) is 60.7 Å². The summed E-state index contributed by atoms with van der Waals surface area (Å²) in [5.41, 5.74) is 0. The van der Waals surface area contributed by atoms with Crippen LogP contribution in [0, 0.1) is 5.92 Å². The quantitative estimate of drug-likeness (QED) is 0.465. The molecule has 0 aromatic heterocycles. The van der Waals surface area contributed by atoms with E-state index in [0.717, 1.165) is 0 Å². The van der Waals surface area contributed by atoms with Crippen LogP contribution in [0.5, 0.6) is 0 Å². The van der Waals surface area contributed by atoms with E-state index in [0.29, 0.717) is 6.42 Å². The van der Waals surface area contributed by atoms with Crippen LogP contribution in [0.15, 0.2) is 0 Å². The standard InChI is InChI=1S/C6H14O3/c1-3-5(2)6(8,9)4-7/h5,7-9H,3-4H2,1-2H3. The van der Waals surface area contributed by atoms with Gasteiger partial charge in [0.05, 0.1) is 6.61 Å². The van der Waals surface area contributed by atoms with Gasteiger partial charge in [0.25, 0.3) is 0 Å². The van der Waals surface area contributed by atoms with Crippen molar-refractivity contribution >= 4 is 0 Å². The Balaban J connectivity index is 3.80. The third kappa shape index (κ3) is 2.30. The third-order valence-corrected chi connectivity index (χ3v) is 1.63. The average Bonchev–Trinajstić information content (AvgIpc) is 1.86. The predicted octanol–water partition coefficient (Wildman–Crippen LogP) is -0.294. The molecule has 0 aliphatic carbocycles. The van der Waals surface area contributed by atoms with Gasteiger partial charge in [-0.15, -0.1) is 0 Å². The van der Waals surface area contributed by atoms with Crippen LogP contribution in [0.25, 0.3) is 0 Å². The molecule has 0 aliphatic rings. The summed E-state index contributed by atoms with van der Waals surface area (Å²) < 4.78 is 0. The molecule has 3 N–H and O–H groups in total. The lowest BCUT2D eigenvalue weighted by molar-refractivity contribution is -0.218. The Morgan fingerprint density at radius 3 is 2.00 bits per heavy atom. The molecular weight excluding hydrogens is 120 g/mol. The lowest BCUT2D eigenvalue weighted by Crippen LogP contribution is -2.39. The van der Waals surface area contributed by atoms with Crippen molar-refractivity contribution < 1.29 is 15.3 Å². The molecule has 9 heavy (non-hydrogen) atoms. The molecule has 0 aromatic rings. The first-order valence-corrected chi connectivity index (χ1v) is 3.10. The van der Waals surface area contributed by atoms with Gasteiger partial charge in [0.1, 0.15) is 0 Å². The number of rotatable bonds is 3. The minimum atomic E-state index is -1.89. The smallest absolute Gasteiger partial charge is 0.189 e. The zero-order chi connectivity index (χ0) is 7.49. The van der Waals surface area contributed by atoms with E-state index in [1.165, 1.54) is 0 Å². The lowest BCUT2D eigenvalue weighted by atomic mass is 9.99. The predicted molar refractivity (Wildman–Crippen MR) is 33.7 cm³/mol. The second-order valence-electron chi connectivity index (χ2n) is 2.35. The van der Waals surface area contributed by atoms with Crippen LogP contribution in [0.3, 0.4) is 0 Å². The minimum Gasteiger partial charge on any atom is -0.391 e. The van der Waals surface area contributed by atoms with Crippen molar-refractivity contribution in [3.63, 3.8) is 0 Å². The molecule has 0 saturated carbocycles. The van der Waals surface area contributed by atoms with E-state index in [2.05, 4.69) is 0 Å². The molecule has 0 spiro atoms. The van der Waals surface area contributed by atoms with Crippen molar-refractivity contribution in [1.29, 1.82) is 0 Å². The van der Waals surface area contributed by atoms with Crippen molar-refractivity contribution in [1.82, 2.24) is 0 Å². The minimum absolute atomic E-state index is 0.275. The highest BCUT2D eigenvalue weighted by Gasteiger charge is 2.28. The second kappa shape index (κ2) is 3.15. The fourth-order valence-electron chi connectivity index (χ4n) is 0.483. The summed E-state index contributed by atoms with van der Waals surface area (Å²) in [5.74, 6) is -2.17. The van der Waals surface area contributed by atoms with Crippen molar-refractivity contribution in [2.24, 2.45) is 5.92 Å². The fraction of sp³-hybridized carbons (Fsp3) is 1.00. The SMILES string of the molecule is CCC(C)C(O)(O)CO. The van der Waals surface area contributed by atoms with Crippen LogP contribution in [0.1, 0.15) is 20.3 Å². The van der Waals surface area contributed by atoms with Crippen molar-refractivity contribution in [2.75, 3.05) is 6.61 Å². The molecular formula is C6H14O3. The Kier molecular flexibility index (Phi) is 3.11. The Hall–Kier alpha value is -0.120. The Morgan fingerprint density at radius 1 is 1.44 bits per heavy atom. The summed E-state index contributed by atoms with van der Waals surface area (Å²) in [5, 5.41) is 26.2. The molecule has 0 aromatic carbocycles. The van der Waals surface area contributed by atoms with Gasteiger partial charge in [-0.05, 0) is 6.42 Å². The Morgan fingerprint density at radius 2 is 1.89 bits per heavy atom. The van der Waals surface area contributed by atoms with Gasteiger partial charge in [-0.2, -0.15) is 0 Å². The summed E-state index contributed by atoms with van der Waals surface area (Å²) in [4.78, 5) is 0. The summed E-state index contributed by atoms with van der Waals surface area (Å²) >= 11 is 0. The molecule has 0 rings (SSSR count). The first-order chi connectivity index (χ1) is 4.04. The van der Waals surface area contributed by atoms with Gasteiger partial charge in [0.15, 0.2) is 5.79 Å². The van der Waals surface area contributed by atoms with E-state index in [4.69, 9.17) is 15.3 Å². The number of aliphatic hydroxyl groups excluding tert-OH is 1. The van der Waals surface area contributed by atoms with Gasteiger partial charge >= 0.3 is 0 Å². The largest absolute Gasteiger partial charge is 0.391 e. The molecule has 0 radical (unpaired) electrons. The Bertz CT molecular complexity index is 80.4. The van der Waals surface area contributed by atoms with Crippen molar-refractivity contribution in [3.05, 3.63) is 0 Å². The van der Waals surface area contributed by atoms with Crippen LogP contribution < -0.4 is 0 Å². The zero-order valence-corrected chi connectivity index (χ0v) is 5.83. The maximum Gasteiger partial charge on any atom is 0.189 e. The van der Waals surface area contributed by atoms with Gasteiger partial charge in [-0.1, -0.05) is 13.8 Å². The van der Waals surface area contributed by atoms with Crippen LogP contribution in [-0.4, -0.2) is 27.7 Å². The van der Waals surface area contributed by atoms with Gasteiger partial charge in [-0.3, -0.25) is 0 Å². The Labute approximate surface area is 54.9 Å². The molecule has 3 nitrogen and oxygen atoms in total. The summed E-state index contributed by atoms with van der Waals surface area (Å²) in [6.45, 7) is 2.92. The number of hydrogen-bond acceptors (Lipinski definition) is 3. The van der Waals surface area contributed by atoms with Crippen LogP contribution in [-0.2, 0) is 0 Å². The van der Waals surface area contributed by atoms with E-state index in [1.807, 2.05) is 6.92 Å². The van der Waals surface area contributed by atoms with Gasteiger partial charge in [-0.25, -0.2) is 0 Å². The second-order valence-corrected chi connectivity index (χ2v) is 2.35. The summed E-state index contributed by atoms with van der Waals surface area (Å²) in [6, 6.07) is 0. The van der Waals surface area contributed by atoms with E-state index in [1.54, 1.807) is 6.92 Å². The molecule has 0 saturated heterocycles. The van der Waals surface area contributed by atoms with Gasteiger partial charge < -0.3 is 15.3 Å². The van der Waals surface area contributed by atoms with Crippen LogP contribution >= 0.6 is 0 Å².